The number of nitrogens with zero attached hydrogens (tertiary/aromatic N) is 3. The largest absolute Gasteiger partial charge is 0.467 e. The van der Waals surface area contributed by atoms with Gasteiger partial charge in [-0.2, -0.15) is 15.0 Å². The smallest absolute Gasteiger partial charge is 0.322 e. The van der Waals surface area contributed by atoms with E-state index in [0.717, 1.165) is 19.4 Å². The molecule has 0 fully saturated rings. The van der Waals surface area contributed by atoms with Crippen LogP contribution in [0.25, 0.3) is 0 Å². The number of ether oxygens (including phenoxy) is 1. The monoisotopic (exact) mass is 283 g/mol. The van der Waals surface area contributed by atoms with E-state index in [0.29, 0.717) is 18.3 Å². The predicted molar refractivity (Wildman–Crippen MR) is 79.2 cm³/mol. The maximum absolute atomic E-state index is 9.15. The second kappa shape index (κ2) is 7.84. The van der Waals surface area contributed by atoms with Gasteiger partial charge in [0, 0.05) is 18.7 Å². The van der Waals surface area contributed by atoms with Crippen LogP contribution < -0.4 is 15.4 Å². The van der Waals surface area contributed by atoms with Crippen molar-refractivity contribution in [2.75, 3.05) is 30.9 Å². The number of aromatic nitrogens is 3. The summed E-state index contributed by atoms with van der Waals surface area (Å²) in [6.07, 6.45) is 2.45. The molecule has 1 rings (SSSR count). The second-order valence-corrected chi connectivity index (χ2v) is 4.91. The molecule has 20 heavy (non-hydrogen) atoms. The number of aliphatic hydroxyl groups is 1. The Kier molecular flexibility index (Phi) is 6.44. The molecule has 7 heteroatoms. The Labute approximate surface area is 120 Å². The van der Waals surface area contributed by atoms with Gasteiger partial charge in [-0.25, -0.2) is 0 Å². The zero-order valence-electron chi connectivity index (χ0n) is 12.7. The van der Waals surface area contributed by atoms with Crippen molar-refractivity contribution in [1.29, 1.82) is 0 Å². The van der Waals surface area contributed by atoms with Gasteiger partial charge in [0.1, 0.15) is 0 Å². The van der Waals surface area contributed by atoms with E-state index in [1.807, 2.05) is 6.92 Å². The van der Waals surface area contributed by atoms with Crippen molar-refractivity contribution in [2.45, 2.75) is 45.6 Å². The van der Waals surface area contributed by atoms with Crippen LogP contribution in [0.15, 0.2) is 0 Å². The number of nitrogens with one attached hydrogen (secondary N) is 2. The summed E-state index contributed by atoms with van der Waals surface area (Å²) in [4.78, 5) is 12.7. The lowest BCUT2D eigenvalue weighted by Gasteiger charge is -2.29. The third-order valence-corrected chi connectivity index (χ3v) is 3.19. The van der Waals surface area contributed by atoms with Gasteiger partial charge >= 0.3 is 6.01 Å². The molecule has 0 saturated carbocycles. The SMILES string of the molecule is CCCNc1nc(NC(C)(CC)CCO)nc(OC)n1. The van der Waals surface area contributed by atoms with Gasteiger partial charge in [0.05, 0.1) is 7.11 Å². The van der Waals surface area contributed by atoms with Crippen molar-refractivity contribution in [3.63, 3.8) is 0 Å². The fourth-order valence-electron chi connectivity index (χ4n) is 1.66. The number of aliphatic hydroxyl groups excluding tert-OH is 1. The van der Waals surface area contributed by atoms with Gasteiger partial charge < -0.3 is 20.5 Å². The number of rotatable bonds is 9. The summed E-state index contributed by atoms with van der Waals surface area (Å²) < 4.78 is 5.09. The van der Waals surface area contributed by atoms with Gasteiger partial charge in [0.2, 0.25) is 11.9 Å². The van der Waals surface area contributed by atoms with Crippen LogP contribution in [-0.4, -0.2) is 45.9 Å². The molecule has 1 aromatic rings. The van der Waals surface area contributed by atoms with E-state index in [1.54, 1.807) is 0 Å². The Bertz CT molecular complexity index is 416. The molecule has 1 unspecified atom stereocenters. The van der Waals surface area contributed by atoms with Crippen LogP contribution >= 0.6 is 0 Å². The highest BCUT2D eigenvalue weighted by Crippen LogP contribution is 2.21. The minimum atomic E-state index is -0.261. The maximum atomic E-state index is 9.15. The number of anilines is 2. The van der Waals surface area contributed by atoms with Crippen LogP contribution in [0.3, 0.4) is 0 Å². The first-order chi connectivity index (χ1) is 9.56. The van der Waals surface area contributed by atoms with Gasteiger partial charge in [0.15, 0.2) is 0 Å². The summed E-state index contributed by atoms with van der Waals surface area (Å²) in [6.45, 7) is 7.05. The normalized spacial score (nSPS) is 13.7. The first-order valence-corrected chi connectivity index (χ1v) is 7.00. The van der Waals surface area contributed by atoms with Gasteiger partial charge in [-0.15, -0.1) is 0 Å². The molecule has 1 heterocycles. The molecule has 0 aliphatic heterocycles. The zero-order valence-corrected chi connectivity index (χ0v) is 12.7. The molecule has 0 aromatic carbocycles. The van der Waals surface area contributed by atoms with E-state index in [2.05, 4.69) is 39.4 Å². The third kappa shape index (κ3) is 4.80. The molecule has 0 bridgehead atoms. The van der Waals surface area contributed by atoms with Gasteiger partial charge in [-0.05, 0) is 26.2 Å². The van der Waals surface area contributed by atoms with Crippen LogP contribution in [0, 0.1) is 0 Å². The lowest BCUT2D eigenvalue weighted by molar-refractivity contribution is 0.251. The summed E-state index contributed by atoms with van der Waals surface area (Å²) in [5, 5.41) is 15.5. The lowest BCUT2D eigenvalue weighted by atomic mass is 9.95. The summed E-state index contributed by atoms with van der Waals surface area (Å²) in [7, 11) is 1.52. The second-order valence-electron chi connectivity index (χ2n) is 4.91. The summed E-state index contributed by atoms with van der Waals surface area (Å²) in [6, 6.07) is 0.267. The summed E-state index contributed by atoms with van der Waals surface area (Å²) in [5.74, 6) is 0.942. The third-order valence-electron chi connectivity index (χ3n) is 3.19. The van der Waals surface area contributed by atoms with Crippen LogP contribution in [0.1, 0.15) is 40.0 Å². The summed E-state index contributed by atoms with van der Waals surface area (Å²) >= 11 is 0. The quantitative estimate of drug-likeness (QED) is 0.634. The van der Waals surface area contributed by atoms with E-state index < -0.39 is 0 Å². The molecule has 1 aromatic heterocycles. The molecule has 3 N–H and O–H groups in total. The Morgan fingerprint density at radius 2 is 1.90 bits per heavy atom. The fourth-order valence-corrected chi connectivity index (χ4v) is 1.66. The Hall–Kier alpha value is -1.63. The van der Waals surface area contributed by atoms with E-state index in [4.69, 9.17) is 9.84 Å². The van der Waals surface area contributed by atoms with E-state index in [1.165, 1.54) is 7.11 Å². The highest BCUT2D eigenvalue weighted by Gasteiger charge is 2.23. The molecule has 0 radical (unpaired) electrons. The predicted octanol–water partition coefficient (Wildman–Crippen LogP) is 1.67. The molecular weight excluding hydrogens is 258 g/mol. The molecular formula is C13H25N5O2. The van der Waals surface area contributed by atoms with Crippen molar-refractivity contribution in [1.82, 2.24) is 15.0 Å². The topological polar surface area (TPSA) is 92.2 Å². The van der Waals surface area contributed by atoms with Crippen molar-refractivity contribution in [3.8, 4) is 6.01 Å². The Balaban J connectivity index is 2.92. The average Bonchev–Trinajstić information content (AvgIpc) is 2.45. The highest BCUT2D eigenvalue weighted by atomic mass is 16.5. The Morgan fingerprint density at radius 1 is 1.20 bits per heavy atom. The van der Waals surface area contributed by atoms with Crippen molar-refractivity contribution in [2.24, 2.45) is 0 Å². The first-order valence-electron chi connectivity index (χ1n) is 7.00. The molecule has 114 valence electrons. The van der Waals surface area contributed by atoms with Crippen LogP contribution in [-0.2, 0) is 0 Å². The van der Waals surface area contributed by atoms with E-state index in [9.17, 15) is 0 Å². The fraction of sp³-hybridized carbons (Fsp3) is 0.769. The van der Waals surface area contributed by atoms with Crippen LogP contribution in [0.4, 0.5) is 11.9 Å². The minimum Gasteiger partial charge on any atom is -0.467 e. The maximum Gasteiger partial charge on any atom is 0.322 e. The van der Waals surface area contributed by atoms with Crippen LogP contribution in [0.2, 0.25) is 0 Å². The molecule has 7 nitrogen and oxygen atoms in total. The van der Waals surface area contributed by atoms with Gasteiger partial charge in [-0.1, -0.05) is 13.8 Å². The van der Waals surface area contributed by atoms with Crippen molar-refractivity contribution < 1.29 is 9.84 Å². The van der Waals surface area contributed by atoms with Crippen molar-refractivity contribution >= 4 is 11.9 Å². The lowest BCUT2D eigenvalue weighted by Crippen LogP contribution is -2.36. The van der Waals surface area contributed by atoms with E-state index >= 15 is 0 Å². The highest BCUT2D eigenvalue weighted by molar-refractivity contribution is 5.37. The Morgan fingerprint density at radius 3 is 2.45 bits per heavy atom. The number of hydrogen-bond donors (Lipinski definition) is 3. The van der Waals surface area contributed by atoms with E-state index in [-0.39, 0.29) is 18.2 Å². The molecule has 0 saturated heterocycles. The number of hydrogen-bond acceptors (Lipinski definition) is 7. The minimum absolute atomic E-state index is 0.112. The molecule has 0 spiro atoms. The molecule has 0 aliphatic rings. The number of methoxy groups -OCH3 is 1. The molecule has 0 aliphatic carbocycles. The van der Waals surface area contributed by atoms with Gasteiger partial charge in [-0.3, -0.25) is 0 Å². The first kappa shape index (κ1) is 16.4. The average molecular weight is 283 g/mol. The molecule has 0 amide bonds. The summed E-state index contributed by atoms with van der Waals surface area (Å²) in [5.41, 5.74) is -0.261. The molecule has 1 atom stereocenters. The van der Waals surface area contributed by atoms with Crippen LogP contribution in [0.5, 0.6) is 6.01 Å². The van der Waals surface area contributed by atoms with Gasteiger partial charge in [0.25, 0.3) is 0 Å². The standard InChI is InChI=1S/C13H25N5O2/c1-5-8-14-10-15-11(17-12(16-10)20-4)18-13(3,6-2)7-9-19/h19H,5-9H2,1-4H3,(H2,14,15,16,17,18). The van der Waals surface area contributed by atoms with Crippen molar-refractivity contribution in [3.05, 3.63) is 0 Å². The zero-order chi connectivity index (χ0) is 15.0.